The summed E-state index contributed by atoms with van der Waals surface area (Å²) in [6.45, 7) is 11.0. The van der Waals surface area contributed by atoms with Gasteiger partial charge in [0, 0.05) is 25.3 Å². The molecule has 0 saturated carbocycles. The third-order valence-electron chi connectivity index (χ3n) is 4.10. The topological polar surface area (TPSA) is 15.3 Å². The molecule has 0 amide bonds. The first-order chi connectivity index (χ1) is 10.3. The number of nitrogens with zero attached hydrogens (tertiary/aromatic N) is 1. The Bertz CT molecular complexity index is 341. The van der Waals surface area contributed by atoms with Crippen LogP contribution in [-0.2, 0) is 6.54 Å². The maximum atomic E-state index is 3.56. The van der Waals surface area contributed by atoms with Crippen LogP contribution >= 0.6 is 0 Å². The van der Waals surface area contributed by atoms with Crippen LogP contribution in [-0.4, -0.2) is 19.6 Å². The van der Waals surface area contributed by atoms with E-state index in [1.807, 2.05) is 0 Å². The molecular weight excluding hydrogens is 256 g/mol. The molecule has 0 atom stereocenters. The summed E-state index contributed by atoms with van der Waals surface area (Å²) in [5.74, 6) is 0. The fourth-order valence-corrected chi connectivity index (χ4v) is 2.68. The zero-order valence-corrected chi connectivity index (χ0v) is 14.3. The number of unbranched alkanes of at least 4 members (excludes halogenated alkanes) is 5. The van der Waals surface area contributed by atoms with Crippen LogP contribution in [0.1, 0.15) is 64.9 Å². The second kappa shape index (κ2) is 11.6. The van der Waals surface area contributed by atoms with Crippen LogP contribution in [0.25, 0.3) is 0 Å². The van der Waals surface area contributed by atoms with Gasteiger partial charge in [0.05, 0.1) is 0 Å². The second-order valence-electron chi connectivity index (χ2n) is 5.78. The molecule has 0 fully saturated rings. The molecule has 2 nitrogen and oxygen atoms in total. The van der Waals surface area contributed by atoms with Gasteiger partial charge in [0.25, 0.3) is 0 Å². The highest BCUT2D eigenvalue weighted by Crippen LogP contribution is 2.14. The molecule has 0 aliphatic heterocycles. The van der Waals surface area contributed by atoms with E-state index in [9.17, 15) is 0 Å². The average molecular weight is 290 g/mol. The van der Waals surface area contributed by atoms with E-state index in [0.717, 1.165) is 26.2 Å². The van der Waals surface area contributed by atoms with E-state index in [1.165, 1.54) is 49.8 Å². The van der Waals surface area contributed by atoms with Gasteiger partial charge in [-0.1, -0.05) is 51.2 Å². The summed E-state index contributed by atoms with van der Waals surface area (Å²) in [5, 5.41) is 3.56. The monoisotopic (exact) mass is 290 g/mol. The lowest BCUT2D eigenvalue weighted by Crippen LogP contribution is -2.21. The van der Waals surface area contributed by atoms with Crippen molar-refractivity contribution >= 4 is 5.69 Å². The molecular formula is C19H34N2. The Morgan fingerprint density at radius 2 is 1.43 bits per heavy atom. The van der Waals surface area contributed by atoms with Crippen LogP contribution in [0, 0.1) is 0 Å². The molecule has 120 valence electrons. The summed E-state index contributed by atoms with van der Waals surface area (Å²) in [4.78, 5) is 2.38. The highest BCUT2D eigenvalue weighted by atomic mass is 15.1. The van der Waals surface area contributed by atoms with Gasteiger partial charge in [-0.15, -0.1) is 0 Å². The SMILES string of the molecule is CCCCCCCCNCc1ccc(N(CC)CC)cc1. The van der Waals surface area contributed by atoms with Crippen LogP contribution in [0.2, 0.25) is 0 Å². The molecule has 1 N–H and O–H groups in total. The maximum Gasteiger partial charge on any atom is 0.0366 e. The standard InChI is InChI=1S/C19H34N2/c1-4-7-8-9-10-11-16-20-17-18-12-14-19(15-13-18)21(5-2)6-3/h12-15,20H,4-11,16-17H2,1-3H3. The normalized spacial score (nSPS) is 10.8. The van der Waals surface area contributed by atoms with Crippen molar-refractivity contribution in [2.45, 2.75) is 65.8 Å². The molecule has 1 rings (SSSR count). The zero-order valence-electron chi connectivity index (χ0n) is 14.3. The van der Waals surface area contributed by atoms with Gasteiger partial charge in [-0.3, -0.25) is 0 Å². The van der Waals surface area contributed by atoms with Crippen molar-refractivity contribution in [1.82, 2.24) is 5.32 Å². The minimum atomic E-state index is 0.994. The van der Waals surface area contributed by atoms with E-state index in [4.69, 9.17) is 0 Å². The summed E-state index contributed by atoms with van der Waals surface area (Å²) in [6.07, 6.45) is 8.21. The molecule has 0 aliphatic carbocycles. The van der Waals surface area contributed by atoms with E-state index in [1.54, 1.807) is 0 Å². The lowest BCUT2D eigenvalue weighted by molar-refractivity contribution is 0.572. The van der Waals surface area contributed by atoms with Crippen LogP contribution in [0.3, 0.4) is 0 Å². The summed E-state index contributed by atoms with van der Waals surface area (Å²) in [5.41, 5.74) is 2.72. The van der Waals surface area contributed by atoms with Crippen molar-refractivity contribution in [3.05, 3.63) is 29.8 Å². The van der Waals surface area contributed by atoms with Crippen molar-refractivity contribution in [1.29, 1.82) is 0 Å². The van der Waals surface area contributed by atoms with Gasteiger partial charge in [-0.2, -0.15) is 0 Å². The van der Waals surface area contributed by atoms with Crippen molar-refractivity contribution in [2.75, 3.05) is 24.5 Å². The Morgan fingerprint density at radius 1 is 0.810 bits per heavy atom. The first-order valence-electron chi connectivity index (χ1n) is 8.86. The van der Waals surface area contributed by atoms with Gasteiger partial charge < -0.3 is 10.2 Å². The minimum Gasteiger partial charge on any atom is -0.372 e. The first kappa shape index (κ1) is 18.0. The van der Waals surface area contributed by atoms with Gasteiger partial charge in [0.2, 0.25) is 0 Å². The van der Waals surface area contributed by atoms with E-state index < -0.39 is 0 Å². The van der Waals surface area contributed by atoms with Crippen LogP contribution < -0.4 is 10.2 Å². The fraction of sp³-hybridized carbons (Fsp3) is 0.684. The Labute approximate surface area is 131 Å². The molecule has 1 aromatic carbocycles. The van der Waals surface area contributed by atoms with Gasteiger partial charge in [0.1, 0.15) is 0 Å². The maximum absolute atomic E-state index is 3.56. The first-order valence-corrected chi connectivity index (χ1v) is 8.86. The largest absolute Gasteiger partial charge is 0.372 e. The Hall–Kier alpha value is -1.02. The number of rotatable bonds is 12. The van der Waals surface area contributed by atoms with Crippen LogP contribution in [0.5, 0.6) is 0 Å². The van der Waals surface area contributed by atoms with Gasteiger partial charge in [-0.25, -0.2) is 0 Å². The molecule has 0 heterocycles. The lowest BCUT2D eigenvalue weighted by Gasteiger charge is -2.21. The molecule has 0 saturated heterocycles. The molecule has 2 heteroatoms. The third-order valence-corrected chi connectivity index (χ3v) is 4.10. The Kier molecular flexibility index (Phi) is 9.98. The number of anilines is 1. The highest BCUT2D eigenvalue weighted by Gasteiger charge is 2.01. The van der Waals surface area contributed by atoms with Crippen molar-refractivity contribution < 1.29 is 0 Å². The zero-order chi connectivity index (χ0) is 15.3. The van der Waals surface area contributed by atoms with Crippen molar-refractivity contribution in [3.63, 3.8) is 0 Å². The predicted molar refractivity (Wildman–Crippen MR) is 95.1 cm³/mol. The molecule has 0 aliphatic rings. The van der Waals surface area contributed by atoms with E-state index in [0.29, 0.717) is 0 Å². The summed E-state index contributed by atoms with van der Waals surface area (Å²) >= 11 is 0. The number of hydrogen-bond donors (Lipinski definition) is 1. The number of benzene rings is 1. The molecule has 0 spiro atoms. The average Bonchev–Trinajstić information content (AvgIpc) is 2.52. The van der Waals surface area contributed by atoms with Gasteiger partial charge in [0.15, 0.2) is 0 Å². The van der Waals surface area contributed by atoms with E-state index >= 15 is 0 Å². The highest BCUT2D eigenvalue weighted by molar-refractivity contribution is 5.47. The van der Waals surface area contributed by atoms with Gasteiger partial charge >= 0.3 is 0 Å². The molecule has 0 radical (unpaired) electrons. The molecule has 0 aromatic heterocycles. The lowest BCUT2D eigenvalue weighted by atomic mass is 10.1. The fourth-order valence-electron chi connectivity index (χ4n) is 2.68. The third kappa shape index (κ3) is 7.52. The summed E-state index contributed by atoms with van der Waals surface area (Å²) in [6, 6.07) is 8.99. The Balaban J connectivity index is 2.15. The molecule has 0 bridgehead atoms. The second-order valence-corrected chi connectivity index (χ2v) is 5.78. The summed E-state index contributed by atoms with van der Waals surface area (Å²) in [7, 11) is 0. The number of hydrogen-bond acceptors (Lipinski definition) is 2. The van der Waals surface area contributed by atoms with Crippen molar-refractivity contribution in [3.8, 4) is 0 Å². The van der Waals surface area contributed by atoms with Gasteiger partial charge in [-0.05, 0) is 44.5 Å². The van der Waals surface area contributed by atoms with E-state index in [-0.39, 0.29) is 0 Å². The number of nitrogens with one attached hydrogen (secondary N) is 1. The van der Waals surface area contributed by atoms with Crippen LogP contribution in [0.15, 0.2) is 24.3 Å². The molecule has 1 aromatic rings. The Morgan fingerprint density at radius 3 is 2.05 bits per heavy atom. The smallest absolute Gasteiger partial charge is 0.0366 e. The van der Waals surface area contributed by atoms with Crippen LogP contribution in [0.4, 0.5) is 5.69 Å². The predicted octanol–water partition coefficient (Wildman–Crippen LogP) is 4.98. The minimum absolute atomic E-state index is 0.994. The quantitative estimate of drug-likeness (QED) is 0.546. The summed E-state index contributed by atoms with van der Waals surface area (Å²) < 4.78 is 0. The molecule has 21 heavy (non-hydrogen) atoms. The van der Waals surface area contributed by atoms with E-state index in [2.05, 4.69) is 55.3 Å². The van der Waals surface area contributed by atoms with Crippen molar-refractivity contribution in [2.24, 2.45) is 0 Å². The molecule has 0 unspecified atom stereocenters.